The van der Waals surface area contributed by atoms with Crippen LogP contribution in [0.3, 0.4) is 0 Å². The highest BCUT2D eigenvalue weighted by Crippen LogP contribution is 2.20. The first kappa shape index (κ1) is 22.6. The van der Waals surface area contributed by atoms with Crippen molar-refractivity contribution in [1.29, 1.82) is 0 Å². The number of carbonyl (C=O) groups excluding carboxylic acids is 1. The largest absolute Gasteiger partial charge is 0.355 e. The zero-order chi connectivity index (χ0) is 24.0. The number of rotatable bonds is 8. The number of para-hydroxylation sites is 2. The van der Waals surface area contributed by atoms with Crippen molar-refractivity contribution in [3.8, 4) is 11.1 Å². The van der Waals surface area contributed by atoms with E-state index in [1.807, 2.05) is 48.5 Å². The molecule has 0 atom stereocenters. The number of aryl methyl sites for hydroxylation is 1. The van der Waals surface area contributed by atoms with Gasteiger partial charge in [-0.3, -0.25) is 4.79 Å². The molecule has 4 heteroatoms. The predicted molar refractivity (Wildman–Crippen MR) is 142 cm³/mol. The monoisotopic (exact) mass is 459 g/mol. The summed E-state index contributed by atoms with van der Waals surface area (Å²) in [6.07, 6.45) is 1.05. The molecule has 35 heavy (non-hydrogen) atoms. The molecular formula is C31H29N3O. The molecule has 4 nitrogen and oxygen atoms in total. The summed E-state index contributed by atoms with van der Waals surface area (Å²) >= 11 is 0. The highest BCUT2D eigenvalue weighted by atomic mass is 16.1. The van der Waals surface area contributed by atoms with Gasteiger partial charge >= 0.3 is 0 Å². The molecule has 1 heterocycles. The lowest BCUT2D eigenvalue weighted by molar-refractivity contribution is -0.120. The average Bonchev–Trinajstić information content (AvgIpc) is 3.23. The molecule has 1 amide bonds. The van der Waals surface area contributed by atoms with Gasteiger partial charge in [0.25, 0.3) is 0 Å². The first-order chi connectivity index (χ1) is 17.2. The van der Waals surface area contributed by atoms with Crippen LogP contribution in [0.25, 0.3) is 22.2 Å². The molecule has 4 aromatic carbocycles. The Hall–Kier alpha value is -4.18. The van der Waals surface area contributed by atoms with Crippen molar-refractivity contribution in [3.05, 3.63) is 126 Å². The van der Waals surface area contributed by atoms with E-state index in [0.717, 1.165) is 34.5 Å². The van der Waals surface area contributed by atoms with Crippen LogP contribution in [-0.4, -0.2) is 22.0 Å². The Morgan fingerprint density at radius 1 is 0.771 bits per heavy atom. The Labute approximate surface area is 206 Å². The molecular weight excluding hydrogens is 430 g/mol. The maximum atomic E-state index is 12.6. The third-order valence-electron chi connectivity index (χ3n) is 6.29. The number of amides is 1. The van der Waals surface area contributed by atoms with E-state index in [9.17, 15) is 4.79 Å². The number of benzene rings is 4. The number of imidazole rings is 1. The third kappa shape index (κ3) is 5.49. The minimum absolute atomic E-state index is 0.0265. The van der Waals surface area contributed by atoms with Gasteiger partial charge < -0.3 is 9.88 Å². The second-order valence-electron chi connectivity index (χ2n) is 8.93. The molecule has 0 saturated carbocycles. The summed E-state index contributed by atoms with van der Waals surface area (Å²) in [4.78, 5) is 17.5. The molecule has 0 saturated heterocycles. The van der Waals surface area contributed by atoms with E-state index >= 15 is 0 Å². The van der Waals surface area contributed by atoms with Crippen molar-refractivity contribution >= 4 is 16.9 Å². The van der Waals surface area contributed by atoms with Crippen molar-refractivity contribution in [3.63, 3.8) is 0 Å². The zero-order valence-corrected chi connectivity index (χ0v) is 19.9. The molecule has 0 radical (unpaired) electrons. The molecule has 0 unspecified atom stereocenters. The molecule has 174 valence electrons. The molecule has 1 N–H and O–H groups in total. The Kier molecular flexibility index (Phi) is 6.71. The highest BCUT2D eigenvalue weighted by Gasteiger charge is 2.12. The van der Waals surface area contributed by atoms with E-state index in [1.54, 1.807) is 0 Å². The molecule has 0 bridgehead atoms. The molecule has 0 aliphatic carbocycles. The van der Waals surface area contributed by atoms with Crippen LogP contribution in [0, 0.1) is 6.92 Å². The fourth-order valence-electron chi connectivity index (χ4n) is 4.38. The lowest BCUT2D eigenvalue weighted by Gasteiger charge is -2.11. The normalized spacial score (nSPS) is 11.0. The first-order valence-electron chi connectivity index (χ1n) is 12.1. The lowest BCUT2D eigenvalue weighted by atomic mass is 10.0. The predicted octanol–water partition coefficient (Wildman–Crippen LogP) is 5.96. The van der Waals surface area contributed by atoms with Crippen LogP contribution in [0.1, 0.15) is 22.5 Å². The minimum atomic E-state index is 0.0265. The number of nitrogens with zero attached hydrogens (tertiary/aromatic N) is 2. The van der Waals surface area contributed by atoms with Crippen LogP contribution < -0.4 is 5.32 Å². The SMILES string of the molecule is Cc1ccc(Cn2c(CCNC(=O)Cc3ccc(-c4ccccc4)cc3)nc3ccccc32)cc1. The summed E-state index contributed by atoms with van der Waals surface area (Å²) in [6, 6.07) is 35.3. The van der Waals surface area contributed by atoms with E-state index in [2.05, 4.69) is 71.4 Å². The second kappa shape index (κ2) is 10.4. The van der Waals surface area contributed by atoms with E-state index < -0.39 is 0 Å². The van der Waals surface area contributed by atoms with Crippen molar-refractivity contribution in [1.82, 2.24) is 14.9 Å². The summed E-state index contributed by atoms with van der Waals surface area (Å²) in [6.45, 7) is 3.41. The van der Waals surface area contributed by atoms with Gasteiger partial charge in [0.1, 0.15) is 5.82 Å². The lowest BCUT2D eigenvalue weighted by Crippen LogP contribution is -2.28. The molecule has 1 aromatic heterocycles. The van der Waals surface area contributed by atoms with Gasteiger partial charge in [-0.25, -0.2) is 4.98 Å². The average molecular weight is 460 g/mol. The number of nitrogens with one attached hydrogen (secondary N) is 1. The van der Waals surface area contributed by atoms with E-state index in [4.69, 9.17) is 4.98 Å². The minimum Gasteiger partial charge on any atom is -0.355 e. The summed E-state index contributed by atoms with van der Waals surface area (Å²) < 4.78 is 2.26. The fourth-order valence-corrected chi connectivity index (χ4v) is 4.38. The van der Waals surface area contributed by atoms with Gasteiger partial charge in [-0.2, -0.15) is 0 Å². The quantitative estimate of drug-likeness (QED) is 0.311. The number of fused-ring (bicyclic) bond motifs is 1. The van der Waals surface area contributed by atoms with Crippen molar-refractivity contribution in [2.75, 3.05) is 6.54 Å². The molecule has 0 spiro atoms. The second-order valence-corrected chi connectivity index (χ2v) is 8.93. The van der Waals surface area contributed by atoms with Gasteiger partial charge in [0.15, 0.2) is 0 Å². The Morgan fingerprint density at radius 2 is 1.43 bits per heavy atom. The molecule has 0 aliphatic rings. The van der Waals surface area contributed by atoms with Crippen LogP contribution in [0.5, 0.6) is 0 Å². The topological polar surface area (TPSA) is 46.9 Å². The summed E-state index contributed by atoms with van der Waals surface area (Å²) in [5.41, 5.74) is 7.94. The van der Waals surface area contributed by atoms with Crippen molar-refractivity contribution < 1.29 is 4.79 Å². The van der Waals surface area contributed by atoms with E-state index in [0.29, 0.717) is 19.4 Å². The number of carbonyl (C=O) groups is 1. The summed E-state index contributed by atoms with van der Waals surface area (Å²) in [5.74, 6) is 1.01. The van der Waals surface area contributed by atoms with Gasteiger partial charge in [-0.15, -0.1) is 0 Å². The van der Waals surface area contributed by atoms with Gasteiger partial charge in [-0.1, -0.05) is 96.6 Å². The van der Waals surface area contributed by atoms with Crippen LogP contribution in [0.15, 0.2) is 103 Å². The van der Waals surface area contributed by atoms with Crippen LogP contribution in [0.4, 0.5) is 0 Å². The Bertz CT molecular complexity index is 1420. The number of hydrogen-bond donors (Lipinski definition) is 1. The molecule has 0 fully saturated rings. The van der Waals surface area contributed by atoms with E-state index in [-0.39, 0.29) is 5.91 Å². The van der Waals surface area contributed by atoms with Gasteiger partial charge in [-0.05, 0) is 41.3 Å². The summed E-state index contributed by atoms with van der Waals surface area (Å²) in [5, 5.41) is 3.08. The zero-order valence-electron chi connectivity index (χ0n) is 19.9. The molecule has 0 aliphatic heterocycles. The third-order valence-corrected chi connectivity index (χ3v) is 6.29. The number of aromatic nitrogens is 2. The standard InChI is InChI=1S/C31H29N3O/c1-23-11-13-25(14-12-23)22-34-29-10-6-5-9-28(29)33-30(34)19-20-32-31(35)21-24-15-17-27(18-16-24)26-7-3-2-4-8-26/h2-18H,19-22H2,1H3,(H,32,35). The molecule has 5 rings (SSSR count). The summed E-state index contributed by atoms with van der Waals surface area (Å²) in [7, 11) is 0. The maximum absolute atomic E-state index is 12.6. The fraction of sp³-hybridized carbons (Fsp3) is 0.161. The van der Waals surface area contributed by atoms with Crippen LogP contribution in [-0.2, 0) is 24.2 Å². The van der Waals surface area contributed by atoms with Crippen molar-refractivity contribution in [2.45, 2.75) is 26.3 Å². The van der Waals surface area contributed by atoms with Gasteiger partial charge in [0.05, 0.1) is 17.5 Å². The first-order valence-corrected chi connectivity index (χ1v) is 12.1. The van der Waals surface area contributed by atoms with Gasteiger partial charge in [0, 0.05) is 19.5 Å². The molecule has 5 aromatic rings. The van der Waals surface area contributed by atoms with Crippen LogP contribution in [0.2, 0.25) is 0 Å². The Morgan fingerprint density at radius 3 is 2.20 bits per heavy atom. The Balaban J connectivity index is 1.22. The highest BCUT2D eigenvalue weighted by molar-refractivity contribution is 5.79. The van der Waals surface area contributed by atoms with Crippen LogP contribution >= 0.6 is 0 Å². The van der Waals surface area contributed by atoms with E-state index in [1.165, 1.54) is 16.7 Å². The smallest absolute Gasteiger partial charge is 0.224 e. The van der Waals surface area contributed by atoms with Gasteiger partial charge in [0.2, 0.25) is 5.91 Å². The maximum Gasteiger partial charge on any atom is 0.224 e. The number of hydrogen-bond acceptors (Lipinski definition) is 2. The van der Waals surface area contributed by atoms with Crippen molar-refractivity contribution in [2.24, 2.45) is 0 Å².